The fourth-order valence-electron chi connectivity index (χ4n) is 2.48. The number of hydrogen-bond donors (Lipinski definition) is 1. The number of anilines is 1. The zero-order valence-electron chi connectivity index (χ0n) is 13.5. The molecule has 0 spiro atoms. The molecule has 1 amide bonds. The van der Waals surface area contributed by atoms with Crippen LogP contribution in [0.5, 0.6) is 0 Å². The second-order valence-corrected chi connectivity index (χ2v) is 6.73. The van der Waals surface area contributed by atoms with Gasteiger partial charge in [0.2, 0.25) is 0 Å². The van der Waals surface area contributed by atoms with E-state index < -0.39 is 0 Å². The van der Waals surface area contributed by atoms with Crippen LogP contribution >= 0.6 is 22.9 Å². The summed E-state index contributed by atoms with van der Waals surface area (Å²) in [6.45, 7) is 0. The first kappa shape index (κ1) is 16.5. The lowest BCUT2D eigenvalue weighted by atomic mass is 10.2. The molecule has 0 saturated carbocycles. The van der Waals surface area contributed by atoms with Crippen LogP contribution < -0.4 is 5.32 Å². The largest absolute Gasteiger partial charge is 0.298 e. The van der Waals surface area contributed by atoms with Gasteiger partial charge in [0.05, 0.1) is 11.4 Å². The quantitative estimate of drug-likeness (QED) is 0.547. The lowest BCUT2D eigenvalue weighted by molar-refractivity contribution is 0.102. The third-order valence-corrected chi connectivity index (χ3v) is 4.86. The first-order valence-electron chi connectivity index (χ1n) is 7.82. The Hall–Kier alpha value is -2.96. The third kappa shape index (κ3) is 3.37. The van der Waals surface area contributed by atoms with Gasteiger partial charge in [0.1, 0.15) is 0 Å². The molecular formula is C19H13ClN4OS. The van der Waals surface area contributed by atoms with Crippen LogP contribution in [-0.2, 0) is 0 Å². The third-order valence-electron chi connectivity index (χ3n) is 3.77. The van der Waals surface area contributed by atoms with Gasteiger partial charge >= 0.3 is 0 Å². The molecule has 2 heterocycles. The molecule has 2 aromatic carbocycles. The Bertz CT molecular complexity index is 1040. The van der Waals surface area contributed by atoms with Crippen LogP contribution in [0.1, 0.15) is 10.4 Å². The summed E-state index contributed by atoms with van der Waals surface area (Å²) in [6, 6.07) is 16.5. The average Bonchev–Trinajstić information content (AvgIpc) is 3.34. The zero-order valence-corrected chi connectivity index (χ0v) is 15.0. The van der Waals surface area contributed by atoms with E-state index in [0.29, 0.717) is 15.7 Å². The summed E-state index contributed by atoms with van der Waals surface area (Å²) < 4.78 is 1.73. The fourth-order valence-corrected chi connectivity index (χ4v) is 3.42. The topological polar surface area (TPSA) is 59.8 Å². The maximum Gasteiger partial charge on any atom is 0.257 e. The van der Waals surface area contributed by atoms with E-state index in [9.17, 15) is 4.79 Å². The highest BCUT2D eigenvalue weighted by Gasteiger charge is 2.11. The van der Waals surface area contributed by atoms with Gasteiger partial charge in [-0.1, -0.05) is 29.8 Å². The van der Waals surface area contributed by atoms with E-state index in [4.69, 9.17) is 11.6 Å². The SMILES string of the molecule is O=C(Nc1nc(-c2ccccc2Cl)cs1)c1ccc(-n2cccn2)cc1. The molecule has 0 aliphatic rings. The monoisotopic (exact) mass is 380 g/mol. The Morgan fingerprint density at radius 2 is 1.88 bits per heavy atom. The van der Waals surface area contributed by atoms with E-state index in [1.165, 1.54) is 11.3 Å². The lowest BCUT2D eigenvalue weighted by Crippen LogP contribution is -2.11. The van der Waals surface area contributed by atoms with Crippen molar-refractivity contribution in [3.8, 4) is 16.9 Å². The highest BCUT2D eigenvalue weighted by Crippen LogP contribution is 2.30. The summed E-state index contributed by atoms with van der Waals surface area (Å²) in [6.07, 6.45) is 3.56. The molecule has 0 atom stereocenters. The number of benzene rings is 2. The first-order valence-corrected chi connectivity index (χ1v) is 9.08. The molecule has 1 N–H and O–H groups in total. The van der Waals surface area contributed by atoms with Crippen molar-refractivity contribution in [1.82, 2.24) is 14.8 Å². The smallest absolute Gasteiger partial charge is 0.257 e. The molecule has 128 valence electrons. The summed E-state index contributed by atoms with van der Waals surface area (Å²) in [4.78, 5) is 16.9. The summed E-state index contributed by atoms with van der Waals surface area (Å²) in [5.41, 5.74) is 3.02. The van der Waals surface area contributed by atoms with E-state index >= 15 is 0 Å². The number of aromatic nitrogens is 3. The van der Waals surface area contributed by atoms with Gasteiger partial charge in [-0.3, -0.25) is 10.1 Å². The summed E-state index contributed by atoms with van der Waals surface area (Å²) in [7, 11) is 0. The molecule has 0 aliphatic carbocycles. The zero-order chi connectivity index (χ0) is 17.9. The van der Waals surface area contributed by atoms with Gasteiger partial charge in [-0.25, -0.2) is 9.67 Å². The Kier molecular flexibility index (Phi) is 4.51. The Labute approximate surface area is 158 Å². The van der Waals surface area contributed by atoms with Crippen molar-refractivity contribution in [2.24, 2.45) is 0 Å². The van der Waals surface area contributed by atoms with Crippen molar-refractivity contribution < 1.29 is 4.79 Å². The van der Waals surface area contributed by atoms with Crippen molar-refractivity contribution in [2.75, 3.05) is 5.32 Å². The van der Waals surface area contributed by atoms with Crippen LogP contribution in [0.3, 0.4) is 0 Å². The summed E-state index contributed by atoms with van der Waals surface area (Å²) in [5.74, 6) is -0.211. The molecule has 2 aromatic heterocycles. The minimum Gasteiger partial charge on any atom is -0.298 e. The minimum absolute atomic E-state index is 0.211. The second kappa shape index (κ2) is 7.11. The molecular weight excluding hydrogens is 368 g/mol. The number of nitrogens with zero attached hydrogens (tertiary/aromatic N) is 3. The van der Waals surface area contributed by atoms with Gasteiger partial charge in [0.25, 0.3) is 5.91 Å². The Morgan fingerprint density at radius 1 is 1.08 bits per heavy atom. The highest BCUT2D eigenvalue weighted by atomic mass is 35.5. The van der Waals surface area contributed by atoms with Crippen LogP contribution in [0.4, 0.5) is 5.13 Å². The van der Waals surface area contributed by atoms with Crippen LogP contribution in [-0.4, -0.2) is 20.7 Å². The molecule has 4 aromatic rings. The van der Waals surface area contributed by atoms with Gasteiger partial charge in [-0.15, -0.1) is 11.3 Å². The number of hydrogen-bond acceptors (Lipinski definition) is 4. The fraction of sp³-hybridized carbons (Fsp3) is 0. The first-order chi connectivity index (χ1) is 12.7. The van der Waals surface area contributed by atoms with E-state index in [2.05, 4.69) is 15.4 Å². The molecule has 0 aliphatic heterocycles. The predicted molar refractivity (Wildman–Crippen MR) is 104 cm³/mol. The lowest BCUT2D eigenvalue weighted by Gasteiger charge is -2.04. The van der Waals surface area contributed by atoms with Crippen molar-refractivity contribution in [3.63, 3.8) is 0 Å². The standard InChI is InChI=1S/C19H13ClN4OS/c20-16-5-2-1-4-15(16)17-12-26-19(22-17)23-18(25)13-6-8-14(9-7-13)24-11-3-10-21-24/h1-12H,(H,22,23,25). The molecule has 0 fully saturated rings. The van der Waals surface area contributed by atoms with Crippen LogP contribution in [0, 0.1) is 0 Å². The van der Waals surface area contributed by atoms with Crippen LogP contribution in [0.2, 0.25) is 5.02 Å². The number of amides is 1. The predicted octanol–water partition coefficient (Wildman–Crippen LogP) is 4.90. The molecule has 5 nitrogen and oxygen atoms in total. The van der Waals surface area contributed by atoms with E-state index in [-0.39, 0.29) is 5.91 Å². The van der Waals surface area contributed by atoms with Gasteiger partial charge in [-0.2, -0.15) is 5.10 Å². The molecule has 0 saturated heterocycles. The number of carbonyl (C=O) groups is 1. The maximum absolute atomic E-state index is 12.4. The van der Waals surface area contributed by atoms with Gasteiger partial charge in [0.15, 0.2) is 5.13 Å². The van der Waals surface area contributed by atoms with Gasteiger partial charge in [0, 0.05) is 33.9 Å². The van der Waals surface area contributed by atoms with Crippen molar-refractivity contribution in [3.05, 3.63) is 83.0 Å². The average molecular weight is 381 g/mol. The molecule has 0 unspecified atom stereocenters. The molecule has 0 bridgehead atoms. The van der Waals surface area contributed by atoms with Crippen LogP contribution in [0.25, 0.3) is 16.9 Å². The second-order valence-electron chi connectivity index (χ2n) is 5.47. The molecule has 7 heteroatoms. The summed E-state index contributed by atoms with van der Waals surface area (Å²) in [5, 5.41) is 10.0. The highest BCUT2D eigenvalue weighted by molar-refractivity contribution is 7.14. The van der Waals surface area contributed by atoms with Crippen LogP contribution in [0.15, 0.2) is 72.4 Å². The van der Waals surface area contributed by atoms with E-state index in [1.807, 2.05) is 54.0 Å². The number of rotatable bonds is 4. The maximum atomic E-state index is 12.4. The number of nitrogens with one attached hydrogen (secondary N) is 1. The summed E-state index contributed by atoms with van der Waals surface area (Å²) >= 11 is 7.56. The minimum atomic E-state index is -0.211. The number of thiazole rings is 1. The molecule has 4 rings (SSSR count). The van der Waals surface area contributed by atoms with Crippen molar-refractivity contribution in [1.29, 1.82) is 0 Å². The molecule has 26 heavy (non-hydrogen) atoms. The number of carbonyl (C=O) groups excluding carboxylic acids is 1. The van der Waals surface area contributed by atoms with Crippen molar-refractivity contribution in [2.45, 2.75) is 0 Å². The number of halogens is 1. The Balaban J connectivity index is 1.49. The van der Waals surface area contributed by atoms with Crippen molar-refractivity contribution >= 4 is 34.0 Å². The normalized spacial score (nSPS) is 10.7. The molecule has 0 radical (unpaired) electrons. The van der Waals surface area contributed by atoms with Gasteiger partial charge in [-0.05, 0) is 36.4 Å². The Morgan fingerprint density at radius 3 is 2.62 bits per heavy atom. The van der Waals surface area contributed by atoms with E-state index in [0.717, 1.165) is 16.9 Å². The van der Waals surface area contributed by atoms with E-state index in [1.54, 1.807) is 23.0 Å². The van der Waals surface area contributed by atoms with Gasteiger partial charge < -0.3 is 0 Å².